The number of hydrogen-bond donors (Lipinski definition) is 3. The minimum Gasteiger partial charge on any atom is -0.440 e. The van der Waals surface area contributed by atoms with Gasteiger partial charge in [-0.25, -0.2) is 4.79 Å². The van der Waals surface area contributed by atoms with Crippen molar-refractivity contribution < 1.29 is 24.9 Å². The number of aliphatic hydroxyl groups is 3. The van der Waals surface area contributed by atoms with Crippen LogP contribution in [0.3, 0.4) is 0 Å². The monoisotopic (exact) mass is 501 g/mol. The molecule has 3 rings (SSSR count). The molecule has 6 nitrogen and oxygen atoms in total. The zero-order chi connectivity index (χ0) is 26.8. The summed E-state index contributed by atoms with van der Waals surface area (Å²) in [4.78, 5) is 13.3. The van der Waals surface area contributed by atoms with Crippen molar-refractivity contribution in [3.8, 4) is 0 Å². The van der Waals surface area contributed by atoms with E-state index >= 15 is 0 Å². The number of allylic oxidation sites excluding steroid dienone is 4. The van der Waals surface area contributed by atoms with Crippen LogP contribution in [0, 0.1) is 23.2 Å². The molecule has 0 aromatic rings. The van der Waals surface area contributed by atoms with Gasteiger partial charge >= 0.3 is 6.09 Å². The molecule has 202 valence electrons. The molecule has 0 bridgehead atoms. The number of carbonyl (C=O) groups excluding carboxylic acids is 1. The van der Waals surface area contributed by atoms with Gasteiger partial charge in [0.05, 0.1) is 12.2 Å². The highest BCUT2D eigenvalue weighted by atomic mass is 16.6. The van der Waals surface area contributed by atoms with Gasteiger partial charge in [-0.15, -0.1) is 0 Å². The summed E-state index contributed by atoms with van der Waals surface area (Å²) in [5.74, 6) is 1.30. The predicted octanol–water partition coefficient (Wildman–Crippen LogP) is 5.16. The van der Waals surface area contributed by atoms with Crippen molar-refractivity contribution in [3.05, 3.63) is 47.6 Å². The molecule has 3 aliphatic rings. The first kappa shape index (κ1) is 28.7. The van der Waals surface area contributed by atoms with E-state index in [4.69, 9.17) is 4.74 Å². The van der Waals surface area contributed by atoms with Crippen LogP contribution in [0.15, 0.2) is 47.6 Å². The van der Waals surface area contributed by atoms with Gasteiger partial charge < -0.3 is 25.0 Å². The van der Waals surface area contributed by atoms with Gasteiger partial charge in [0.15, 0.2) is 0 Å². The van der Waals surface area contributed by atoms with E-state index in [-0.39, 0.29) is 11.3 Å². The van der Waals surface area contributed by atoms with E-state index in [9.17, 15) is 20.1 Å². The molecular weight excluding hydrogens is 454 g/mol. The summed E-state index contributed by atoms with van der Waals surface area (Å²) in [7, 11) is 3.25. The number of aliphatic hydroxyl groups excluding tert-OH is 3. The highest BCUT2D eigenvalue weighted by Crippen LogP contribution is 2.59. The molecule has 0 spiro atoms. The fourth-order valence-corrected chi connectivity index (χ4v) is 6.63. The topological polar surface area (TPSA) is 90.2 Å². The minimum absolute atomic E-state index is 0.187. The molecule has 0 radical (unpaired) electrons. The van der Waals surface area contributed by atoms with E-state index in [0.29, 0.717) is 24.7 Å². The molecule has 3 saturated carbocycles. The molecule has 0 unspecified atom stereocenters. The second kappa shape index (κ2) is 11.2. The Morgan fingerprint density at radius 3 is 2.58 bits per heavy atom. The van der Waals surface area contributed by atoms with Crippen LogP contribution in [0.2, 0.25) is 0 Å². The summed E-state index contributed by atoms with van der Waals surface area (Å²) in [6.45, 7) is 12.2. The molecule has 7 atom stereocenters. The molecular formula is C30H47NO5. The average Bonchev–Trinajstić information content (AvgIpc) is 3.15. The van der Waals surface area contributed by atoms with Crippen molar-refractivity contribution in [2.75, 3.05) is 14.1 Å². The Labute approximate surface area is 217 Å². The lowest BCUT2D eigenvalue weighted by Crippen LogP contribution is -2.42. The maximum atomic E-state index is 12.0. The minimum atomic E-state index is -1.02. The van der Waals surface area contributed by atoms with Gasteiger partial charge in [-0.05, 0) is 86.7 Å². The molecule has 0 saturated heterocycles. The third-order valence-electron chi connectivity index (χ3n) is 8.96. The Hall–Kier alpha value is -1.89. The Kier molecular flexibility index (Phi) is 8.95. The van der Waals surface area contributed by atoms with Crippen LogP contribution in [0.4, 0.5) is 4.79 Å². The second-order valence-electron chi connectivity index (χ2n) is 12.2. The number of hydrogen-bond acceptors (Lipinski definition) is 5. The summed E-state index contributed by atoms with van der Waals surface area (Å²) >= 11 is 0. The van der Waals surface area contributed by atoms with Gasteiger partial charge in [-0.1, -0.05) is 50.3 Å². The highest BCUT2D eigenvalue weighted by Gasteiger charge is 2.50. The molecule has 3 fully saturated rings. The normalized spacial score (nSPS) is 35.2. The molecule has 0 aliphatic heterocycles. The molecule has 3 aliphatic carbocycles. The summed E-state index contributed by atoms with van der Waals surface area (Å²) in [6, 6.07) is 0. The van der Waals surface area contributed by atoms with Crippen LogP contribution in [0.5, 0.6) is 0 Å². The first-order chi connectivity index (χ1) is 16.8. The molecule has 0 aromatic heterocycles. The number of carbonyl (C=O) groups is 1. The van der Waals surface area contributed by atoms with Crippen molar-refractivity contribution in [3.63, 3.8) is 0 Å². The lowest BCUT2D eigenvalue weighted by atomic mass is 9.61. The summed E-state index contributed by atoms with van der Waals surface area (Å²) in [5.41, 5.74) is 2.33. The third-order valence-corrected chi connectivity index (χ3v) is 8.96. The van der Waals surface area contributed by atoms with Crippen LogP contribution >= 0.6 is 0 Å². The SMILES string of the molecule is C=C1/C(=C\C=C2/CCC[C@]3(C)[C@@H]([C@H](C)/C=C/[C@@H](O)C(C)(C)OC(=O)N(C)C)CC[C@@H]23)C[C@@H](O)C[C@@H]1O. The summed E-state index contributed by atoms with van der Waals surface area (Å²) in [5, 5.41) is 31.0. The molecule has 0 heterocycles. The number of fused-ring (bicyclic) bond motifs is 1. The molecule has 6 heteroatoms. The second-order valence-corrected chi connectivity index (χ2v) is 12.2. The van der Waals surface area contributed by atoms with Crippen LogP contribution in [-0.2, 0) is 4.74 Å². The quantitative estimate of drug-likeness (QED) is 0.438. The number of rotatable bonds is 6. The van der Waals surface area contributed by atoms with Gasteiger partial charge in [0.25, 0.3) is 0 Å². The van der Waals surface area contributed by atoms with Crippen molar-refractivity contribution in [1.82, 2.24) is 4.90 Å². The van der Waals surface area contributed by atoms with Gasteiger partial charge in [0.2, 0.25) is 0 Å². The Balaban J connectivity index is 1.71. The molecule has 36 heavy (non-hydrogen) atoms. The highest BCUT2D eigenvalue weighted by molar-refractivity contribution is 5.67. The van der Waals surface area contributed by atoms with Crippen molar-refractivity contribution in [1.29, 1.82) is 0 Å². The number of ether oxygens (including phenoxy) is 1. The fraction of sp³-hybridized carbons (Fsp3) is 0.700. The van der Waals surface area contributed by atoms with E-state index in [1.807, 2.05) is 0 Å². The lowest BCUT2D eigenvalue weighted by molar-refractivity contribution is -0.0457. The maximum absolute atomic E-state index is 12.0. The standard InChI is InChI=1S/C30H47NO5/c1-19(10-15-27(34)29(3,4)36-28(35)31(6)7)24-13-14-25-21(9-8-16-30(24,25)5)11-12-22-17-23(32)18-26(33)20(22)2/h10-12,15,19,23-27,32-34H,2,8-9,13-14,16-18H2,1,3-7H3/b15-10+,21-11+,22-12-/t19-,23-,24-,25+,26+,27-,30-/m1/s1. The van der Waals surface area contributed by atoms with Crippen LogP contribution in [-0.4, -0.2) is 64.3 Å². The smallest absolute Gasteiger partial charge is 0.409 e. The first-order valence-corrected chi connectivity index (χ1v) is 13.5. The Morgan fingerprint density at radius 2 is 1.92 bits per heavy atom. The molecule has 0 aromatic carbocycles. The van der Waals surface area contributed by atoms with Gasteiger partial charge in [-0.2, -0.15) is 0 Å². The van der Waals surface area contributed by atoms with Gasteiger partial charge in [0.1, 0.15) is 11.7 Å². The average molecular weight is 502 g/mol. The van der Waals surface area contributed by atoms with E-state index < -0.39 is 30.0 Å². The van der Waals surface area contributed by atoms with Crippen LogP contribution in [0.25, 0.3) is 0 Å². The van der Waals surface area contributed by atoms with Crippen molar-refractivity contribution in [2.45, 2.75) is 96.6 Å². The largest absolute Gasteiger partial charge is 0.440 e. The zero-order valence-electron chi connectivity index (χ0n) is 23.0. The summed E-state index contributed by atoms with van der Waals surface area (Å²) < 4.78 is 5.47. The van der Waals surface area contributed by atoms with E-state index in [1.54, 1.807) is 34.0 Å². The fourth-order valence-electron chi connectivity index (χ4n) is 6.63. The molecule has 3 N–H and O–H groups in total. The van der Waals surface area contributed by atoms with E-state index in [2.05, 4.69) is 38.7 Å². The van der Waals surface area contributed by atoms with Gasteiger partial charge in [0, 0.05) is 20.5 Å². The number of nitrogens with zero attached hydrogens (tertiary/aromatic N) is 1. The van der Waals surface area contributed by atoms with Crippen LogP contribution < -0.4 is 0 Å². The third kappa shape index (κ3) is 6.15. The Morgan fingerprint density at radius 1 is 1.22 bits per heavy atom. The number of amides is 1. The molecule has 1 amide bonds. The summed E-state index contributed by atoms with van der Waals surface area (Å²) in [6.07, 6.45) is 12.3. The van der Waals surface area contributed by atoms with Crippen molar-refractivity contribution in [2.24, 2.45) is 23.2 Å². The first-order valence-electron chi connectivity index (χ1n) is 13.5. The van der Waals surface area contributed by atoms with E-state index in [0.717, 1.165) is 36.8 Å². The van der Waals surface area contributed by atoms with Crippen molar-refractivity contribution >= 4 is 6.09 Å². The predicted molar refractivity (Wildman–Crippen MR) is 143 cm³/mol. The van der Waals surface area contributed by atoms with Crippen LogP contribution in [0.1, 0.15) is 72.6 Å². The lowest BCUT2D eigenvalue weighted by Gasteiger charge is -2.44. The van der Waals surface area contributed by atoms with E-state index in [1.165, 1.54) is 16.9 Å². The zero-order valence-corrected chi connectivity index (χ0v) is 23.0. The Bertz CT molecular complexity index is 916. The maximum Gasteiger partial charge on any atom is 0.409 e. The van der Waals surface area contributed by atoms with Gasteiger partial charge in [-0.3, -0.25) is 0 Å².